The Morgan fingerprint density at radius 1 is 1.25 bits per heavy atom. The molecule has 1 aromatic carbocycles. The molecule has 2 heteroatoms. The fraction of sp³-hybridized carbons (Fsp3) is 0.556. The molecule has 1 fully saturated rings. The van der Waals surface area contributed by atoms with Crippen molar-refractivity contribution in [2.45, 2.75) is 32.6 Å². The smallest absolute Gasteiger partial charge is 0.00221 e. The molecule has 1 heterocycles. The van der Waals surface area contributed by atoms with E-state index in [0.29, 0.717) is 0 Å². The van der Waals surface area contributed by atoms with E-state index < -0.39 is 0 Å². The average Bonchev–Trinajstić information content (AvgIpc) is 2.98. The highest BCUT2D eigenvalue weighted by molar-refractivity contribution is 5.54. The molecule has 0 aromatic heterocycles. The van der Waals surface area contributed by atoms with E-state index >= 15 is 0 Å². The lowest BCUT2D eigenvalue weighted by Crippen LogP contribution is -2.22. The minimum atomic E-state index is 1.12. The van der Waals surface area contributed by atoms with Gasteiger partial charge in [0.25, 0.3) is 0 Å². The third-order valence-electron chi connectivity index (χ3n) is 3.79. The Morgan fingerprint density at radius 2 is 1.90 bits per heavy atom. The third kappa shape index (κ3) is 5.10. The van der Waals surface area contributed by atoms with Crippen molar-refractivity contribution in [1.82, 2.24) is 10.2 Å². The predicted octanol–water partition coefficient (Wildman–Crippen LogP) is 3.37. The zero-order valence-corrected chi connectivity index (χ0v) is 13.4. The zero-order chi connectivity index (χ0) is 14.8. The number of rotatable bonds is 5. The van der Waals surface area contributed by atoms with Gasteiger partial charge in [-0.15, -0.1) is 0 Å². The van der Waals surface area contributed by atoms with E-state index in [0.717, 1.165) is 6.42 Å². The molecule has 1 aliphatic heterocycles. The summed E-state index contributed by atoms with van der Waals surface area (Å²) in [6, 6.07) is 6.59. The standard InChI is InChI=1S/C16H23N.C2H7N/c1-3-14-8-7-9-15(4-2)16(14)10-13-17-11-5-6-12-17;1-3-2/h3,7-9H,1,4-6,10-13H2,2H3;3H,1-2H3. The van der Waals surface area contributed by atoms with Crippen LogP contribution < -0.4 is 5.32 Å². The van der Waals surface area contributed by atoms with E-state index in [1.54, 1.807) is 0 Å². The van der Waals surface area contributed by atoms with E-state index in [1.165, 1.54) is 55.6 Å². The fourth-order valence-corrected chi connectivity index (χ4v) is 2.76. The molecule has 0 saturated carbocycles. The maximum atomic E-state index is 3.93. The minimum Gasteiger partial charge on any atom is -0.323 e. The minimum absolute atomic E-state index is 1.12. The summed E-state index contributed by atoms with van der Waals surface area (Å²) in [6.07, 6.45) is 7.05. The lowest BCUT2D eigenvalue weighted by Gasteiger charge is -2.17. The third-order valence-corrected chi connectivity index (χ3v) is 3.79. The van der Waals surface area contributed by atoms with Gasteiger partial charge >= 0.3 is 0 Å². The van der Waals surface area contributed by atoms with Crippen LogP contribution in [-0.4, -0.2) is 38.6 Å². The predicted molar refractivity (Wildman–Crippen MR) is 90.3 cm³/mol. The monoisotopic (exact) mass is 274 g/mol. The average molecular weight is 274 g/mol. The van der Waals surface area contributed by atoms with Gasteiger partial charge in [0, 0.05) is 6.54 Å². The van der Waals surface area contributed by atoms with Gasteiger partial charge in [0.05, 0.1) is 0 Å². The lowest BCUT2D eigenvalue weighted by atomic mass is 9.96. The van der Waals surface area contributed by atoms with Crippen LogP contribution in [0.3, 0.4) is 0 Å². The van der Waals surface area contributed by atoms with E-state index in [-0.39, 0.29) is 0 Å². The van der Waals surface area contributed by atoms with Gasteiger partial charge in [-0.25, -0.2) is 0 Å². The molecule has 20 heavy (non-hydrogen) atoms. The molecule has 1 N–H and O–H groups in total. The van der Waals surface area contributed by atoms with Crippen LogP contribution in [0.2, 0.25) is 0 Å². The molecule has 0 unspecified atom stereocenters. The number of hydrogen-bond acceptors (Lipinski definition) is 2. The van der Waals surface area contributed by atoms with Crippen molar-refractivity contribution in [3.63, 3.8) is 0 Å². The first-order valence-electron chi connectivity index (χ1n) is 7.80. The van der Waals surface area contributed by atoms with Crippen LogP contribution in [-0.2, 0) is 12.8 Å². The first-order chi connectivity index (χ1) is 9.76. The van der Waals surface area contributed by atoms with Crippen molar-refractivity contribution in [1.29, 1.82) is 0 Å². The van der Waals surface area contributed by atoms with Gasteiger partial charge in [-0.05, 0) is 69.6 Å². The van der Waals surface area contributed by atoms with Crippen LogP contribution in [0.5, 0.6) is 0 Å². The van der Waals surface area contributed by atoms with Gasteiger partial charge in [-0.2, -0.15) is 0 Å². The van der Waals surface area contributed by atoms with Crippen LogP contribution in [0.4, 0.5) is 0 Å². The molecular weight excluding hydrogens is 244 g/mol. The van der Waals surface area contributed by atoms with Crippen LogP contribution in [0.1, 0.15) is 36.5 Å². The van der Waals surface area contributed by atoms with Crippen molar-refractivity contribution >= 4 is 6.08 Å². The highest BCUT2D eigenvalue weighted by atomic mass is 15.1. The van der Waals surface area contributed by atoms with Crippen LogP contribution >= 0.6 is 0 Å². The molecule has 2 rings (SSSR count). The molecule has 0 aliphatic carbocycles. The van der Waals surface area contributed by atoms with E-state index in [2.05, 4.69) is 41.9 Å². The highest BCUT2D eigenvalue weighted by Crippen LogP contribution is 2.19. The molecule has 1 saturated heterocycles. The van der Waals surface area contributed by atoms with Crippen molar-refractivity contribution < 1.29 is 0 Å². The van der Waals surface area contributed by atoms with Crippen molar-refractivity contribution in [3.8, 4) is 0 Å². The summed E-state index contributed by atoms with van der Waals surface area (Å²) in [5.41, 5.74) is 4.32. The Morgan fingerprint density at radius 3 is 2.45 bits per heavy atom. The van der Waals surface area contributed by atoms with Gasteiger partial charge < -0.3 is 10.2 Å². The second kappa shape index (κ2) is 9.73. The van der Waals surface area contributed by atoms with Gasteiger partial charge in [-0.1, -0.05) is 37.8 Å². The lowest BCUT2D eigenvalue weighted by molar-refractivity contribution is 0.343. The van der Waals surface area contributed by atoms with Crippen LogP contribution in [0.25, 0.3) is 6.08 Å². The largest absolute Gasteiger partial charge is 0.323 e. The second-order valence-electron chi connectivity index (χ2n) is 5.34. The molecule has 1 aliphatic rings. The summed E-state index contributed by atoms with van der Waals surface area (Å²) < 4.78 is 0. The number of aryl methyl sites for hydroxylation is 1. The molecule has 112 valence electrons. The molecule has 2 nitrogen and oxygen atoms in total. The Hall–Kier alpha value is -1.12. The van der Waals surface area contributed by atoms with E-state index in [4.69, 9.17) is 0 Å². The van der Waals surface area contributed by atoms with Crippen LogP contribution in [0.15, 0.2) is 24.8 Å². The van der Waals surface area contributed by atoms with Gasteiger partial charge in [0.1, 0.15) is 0 Å². The van der Waals surface area contributed by atoms with E-state index in [9.17, 15) is 0 Å². The summed E-state index contributed by atoms with van der Waals surface area (Å²) in [5.74, 6) is 0. The topological polar surface area (TPSA) is 15.3 Å². The van der Waals surface area contributed by atoms with Crippen molar-refractivity contribution in [3.05, 3.63) is 41.5 Å². The summed E-state index contributed by atoms with van der Waals surface area (Å²) in [5, 5.41) is 2.75. The summed E-state index contributed by atoms with van der Waals surface area (Å²) in [7, 11) is 3.75. The van der Waals surface area contributed by atoms with Gasteiger partial charge in [-0.3, -0.25) is 0 Å². The molecule has 1 aromatic rings. The number of likely N-dealkylation sites (tertiary alicyclic amines) is 1. The van der Waals surface area contributed by atoms with Gasteiger partial charge in [0.15, 0.2) is 0 Å². The fourth-order valence-electron chi connectivity index (χ4n) is 2.76. The molecule has 0 amide bonds. The molecule has 0 bridgehead atoms. The SMILES string of the molecule is C=Cc1cccc(CC)c1CCN1CCCC1.CNC. The Kier molecular flexibility index (Phi) is 8.24. The molecule has 0 atom stereocenters. The van der Waals surface area contributed by atoms with E-state index in [1.807, 2.05) is 20.2 Å². The molecule has 0 radical (unpaired) electrons. The maximum Gasteiger partial charge on any atom is 0.00221 e. The summed E-state index contributed by atoms with van der Waals surface area (Å²) >= 11 is 0. The maximum absolute atomic E-state index is 3.93. The summed E-state index contributed by atoms with van der Waals surface area (Å²) in [6.45, 7) is 9.96. The molecule has 0 spiro atoms. The van der Waals surface area contributed by atoms with Gasteiger partial charge in [0.2, 0.25) is 0 Å². The number of benzene rings is 1. The highest BCUT2D eigenvalue weighted by Gasteiger charge is 2.12. The van der Waals surface area contributed by atoms with Crippen LogP contribution in [0, 0.1) is 0 Å². The number of nitrogens with one attached hydrogen (secondary N) is 1. The first-order valence-corrected chi connectivity index (χ1v) is 7.80. The number of nitrogens with zero attached hydrogens (tertiary/aromatic N) is 1. The van der Waals surface area contributed by atoms with Crippen molar-refractivity contribution in [2.75, 3.05) is 33.7 Å². The first kappa shape index (κ1) is 16.9. The van der Waals surface area contributed by atoms with Crippen molar-refractivity contribution in [2.24, 2.45) is 0 Å². The Balaban J connectivity index is 0.000000612. The Labute approximate surface area is 124 Å². The molecular formula is C18H30N2. The second-order valence-corrected chi connectivity index (χ2v) is 5.34. The zero-order valence-electron chi connectivity index (χ0n) is 13.4. The normalized spacial score (nSPS) is 14.8. The Bertz CT molecular complexity index is 392. The number of hydrogen-bond donors (Lipinski definition) is 1. The summed E-state index contributed by atoms with van der Waals surface area (Å²) in [4.78, 5) is 2.58. The quantitative estimate of drug-likeness (QED) is 0.885.